The maximum absolute atomic E-state index is 9.26. The number of fused-ring (bicyclic) bond motifs is 2. The summed E-state index contributed by atoms with van der Waals surface area (Å²) in [5, 5.41) is 12.5. The van der Waals surface area contributed by atoms with Gasteiger partial charge in [-0.3, -0.25) is 0 Å². The third-order valence-corrected chi connectivity index (χ3v) is 2.06. The summed E-state index contributed by atoms with van der Waals surface area (Å²) in [5.74, 6) is 0. The van der Waals surface area contributed by atoms with Gasteiger partial charge in [-0.05, 0) is 6.42 Å². The van der Waals surface area contributed by atoms with Crippen LogP contribution in [0.25, 0.3) is 0 Å². The van der Waals surface area contributed by atoms with Gasteiger partial charge in [0, 0.05) is 6.04 Å². The number of aliphatic hydroxyl groups excluding tert-OH is 1. The minimum absolute atomic E-state index is 0.169. The summed E-state index contributed by atoms with van der Waals surface area (Å²) < 4.78 is 5.20. The molecular weight excluding hydrogens is 118 g/mol. The molecule has 0 saturated carbocycles. The predicted octanol–water partition coefficient (Wildman–Crippen LogP) is -0.892. The third-order valence-electron chi connectivity index (χ3n) is 2.06. The molecule has 0 aliphatic carbocycles. The normalized spacial score (nSPS) is 49.7. The van der Waals surface area contributed by atoms with Gasteiger partial charge in [0.1, 0.15) is 0 Å². The van der Waals surface area contributed by atoms with Gasteiger partial charge in [0.25, 0.3) is 0 Å². The topological polar surface area (TPSA) is 41.5 Å². The van der Waals surface area contributed by atoms with Crippen LogP contribution < -0.4 is 5.32 Å². The van der Waals surface area contributed by atoms with Crippen LogP contribution in [0.4, 0.5) is 0 Å². The largest absolute Gasteiger partial charge is 0.391 e. The molecule has 2 saturated heterocycles. The first-order valence-electron chi connectivity index (χ1n) is 3.38. The molecular formula is C6H11NO2. The maximum atomic E-state index is 9.26. The molecule has 52 valence electrons. The van der Waals surface area contributed by atoms with Gasteiger partial charge in [-0.1, -0.05) is 0 Å². The van der Waals surface area contributed by atoms with E-state index in [-0.39, 0.29) is 12.1 Å². The second kappa shape index (κ2) is 1.94. The molecule has 0 aromatic rings. The highest BCUT2D eigenvalue weighted by Crippen LogP contribution is 2.17. The predicted molar refractivity (Wildman–Crippen MR) is 32.2 cm³/mol. The maximum Gasteiger partial charge on any atom is 0.0731 e. The first-order valence-corrected chi connectivity index (χ1v) is 3.38. The molecule has 2 heterocycles. The lowest BCUT2D eigenvalue weighted by Gasteiger charge is -2.21. The third kappa shape index (κ3) is 0.852. The Kier molecular flexibility index (Phi) is 1.22. The minimum Gasteiger partial charge on any atom is -0.391 e. The molecule has 0 amide bonds. The SMILES string of the molecule is O[C@@H]1C[C@H]2COC[C@@H]1N2. The molecule has 0 spiro atoms. The lowest BCUT2D eigenvalue weighted by Crippen LogP contribution is -2.43. The van der Waals surface area contributed by atoms with Crippen molar-refractivity contribution in [3.05, 3.63) is 0 Å². The molecule has 2 fully saturated rings. The smallest absolute Gasteiger partial charge is 0.0731 e. The summed E-state index contributed by atoms with van der Waals surface area (Å²) in [6.07, 6.45) is 0.697. The van der Waals surface area contributed by atoms with Crippen molar-refractivity contribution in [1.82, 2.24) is 5.32 Å². The van der Waals surface area contributed by atoms with Crippen molar-refractivity contribution < 1.29 is 9.84 Å². The standard InChI is InChI=1S/C6H11NO2/c8-6-1-4-2-9-3-5(6)7-4/h4-8H,1-3H2/t4-,5-,6+/m0/s1. The van der Waals surface area contributed by atoms with Crippen LogP contribution >= 0.6 is 0 Å². The van der Waals surface area contributed by atoms with E-state index in [4.69, 9.17) is 4.74 Å². The van der Waals surface area contributed by atoms with Gasteiger partial charge in [0.05, 0.1) is 25.4 Å². The van der Waals surface area contributed by atoms with Crippen molar-refractivity contribution in [3.8, 4) is 0 Å². The molecule has 0 radical (unpaired) electrons. The fraction of sp³-hybridized carbons (Fsp3) is 1.00. The number of hydrogen-bond donors (Lipinski definition) is 2. The van der Waals surface area contributed by atoms with E-state index >= 15 is 0 Å². The fourth-order valence-corrected chi connectivity index (χ4v) is 1.55. The Labute approximate surface area is 54.0 Å². The van der Waals surface area contributed by atoms with Crippen molar-refractivity contribution in [2.24, 2.45) is 0 Å². The Morgan fingerprint density at radius 1 is 1.44 bits per heavy atom. The van der Waals surface area contributed by atoms with E-state index in [1.54, 1.807) is 0 Å². The number of morpholine rings is 1. The Hall–Kier alpha value is -0.120. The van der Waals surface area contributed by atoms with Crippen LogP contribution in [0, 0.1) is 0 Å². The quantitative estimate of drug-likeness (QED) is 0.446. The zero-order chi connectivity index (χ0) is 6.27. The summed E-state index contributed by atoms with van der Waals surface area (Å²) in [5.41, 5.74) is 0. The first kappa shape index (κ1) is 5.65. The van der Waals surface area contributed by atoms with Crippen molar-refractivity contribution in [2.45, 2.75) is 24.6 Å². The Morgan fingerprint density at radius 3 is 3.00 bits per heavy atom. The van der Waals surface area contributed by atoms with E-state index < -0.39 is 0 Å². The van der Waals surface area contributed by atoms with Gasteiger partial charge in [0.2, 0.25) is 0 Å². The average Bonchev–Trinajstić information content (AvgIpc) is 2.09. The molecule has 9 heavy (non-hydrogen) atoms. The molecule has 0 aromatic heterocycles. The molecule has 2 rings (SSSR count). The van der Waals surface area contributed by atoms with Gasteiger partial charge in [-0.2, -0.15) is 0 Å². The van der Waals surface area contributed by atoms with Crippen molar-refractivity contribution in [1.29, 1.82) is 0 Å². The molecule has 3 atom stereocenters. The highest BCUT2D eigenvalue weighted by Gasteiger charge is 2.35. The van der Waals surface area contributed by atoms with E-state index in [9.17, 15) is 5.11 Å². The first-order chi connectivity index (χ1) is 4.36. The van der Waals surface area contributed by atoms with Gasteiger partial charge in [-0.25, -0.2) is 0 Å². The highest BCUT2D eigenvalue weighted by atomic mass is 16.5. The Morgan fingerprint density at radius 2 is 2.33 bits per heavy atom. The summed E-state index contributed by atoms with van der Waals surface area (Å²) >= 11 is 0. The lowest BCUT2D eigenvalue weighted by molar-refractivity contribution is 0.0528. The second-order valence-corrected chi connectivity index (χ2v) is 2.81. The van der Waals surface area contributed by atoms with E-state index in [1.807, 2.05) is 0 Å². The lowest BCUT2D eigenvalue weighted by atomic mass is 10.2. The van der Waals surface area contributed by atoms with E-state index in [0.717, 1.165) is 13.0 Å². The molecule has 2 bridgehead atoms. The van der Waals surface area contributed by atoms with Crippen LogP contribution in [-0.2, 0) is 4.74 Å². The van der Waals surface area contributed by atoms with Crippen molar-refractivity contribution >= 4 is 0 Å². The van der Waals surface area contributed by atoms with Crippen LogP contribution in [0.1, 0.15) is 6.42 Å². The van der Waals surface area contributed by atoms with Crippen LogP contribution in [0.15, 0.2) is 0 Å². The van der Waals surface area contributed by atoms with Gasteiger partial charge < -0.3 is 15.2 Å². The van der Waals surface area contributed by atoms with Crippen LogP contribution in [0.5, 0.6) is 0 Å². The Balaban J connectivity index is 2.07. The van der Waals surface area contributed by atoms with E-state index in [1.165, 1.54) is 0 Å². The minimum atomic E-state index is -0.169. The van der Waals surface area contributed by atoms with Crippen molar-refractivity contribution in [2.75, 3.05) is 13.2 Å². The number of aliphatic hydroxyl groups is 1. The van der Waals surface area contributed by atoms with Gasteiger partial charge in [-0.15, -0.1) is 0 Å². The highest BCUT2D eigenvalue weighted by molar-refractivity contribution is 4.93. The summed E-state index contributed by atoms with van der Waals surface area (Å²) in [6, 6.07) is 0.627. The van der Waals surface area contributed by atoms with E-state index in [0.29, 0.717) is 12.6 Å². The fourth-order valence-electron chi connectivity index (χ4n) is 1.55. The van der Waals surface area contributed by atoms with Gasteiger partial charge in [0.15, 0.2) is 0 Å². The average molecular weight is 129 g/mol. The molecule has 0 unspecified atom stereocenters. The van der Waals surface area contributed by atoms with Gasteiger partial charge >= 0.3 is 0 Å². The zero-order valence-electron chi connectivity index (χ0n) is 5.21. The molecule has 0 aromatic carbocycles. The molecule has 2 N–H and O–H groups in total. The molecule has 3 heteroatoms. The number of hydrogen-bond acceptors (Lipinski definition) is 3. The molecule has 3 nitrogen and oxygen atoms in total. The monoisotopic (exact) mass is 129 g/mol. The van der Waals surface area contributed by atoms with E-state index in [2.05, 4.69) is 5.32 Å². The van der Waals surface area contributed by atoms with Crippen LogP contribution in [-0.4, -0.2) is 36.5 Å². The number of nitrogens with one attached hydrogen (secondary N) is 1. The zero-order valence-corrected chi connectivity index (χ0v) is 5.21. The number of ether oxygens (including phenoxy) is 1. The summed E-state index contributed by atoms with van der Waals surface area (Å²) in [6.45, 7) is 1.45. The van der Waals surface area contributed by atoms with Crippen LogP contribution in [0.2, 0.25) is 0 Å². The second-order valence-electron chi connectivity index (χ2n) is 2.81. The summed E-state index contributed by atoms with van der Waals surface area (Å²) in [7, 11) is 0. The Bertz CT molecular complexity index is 116. The van der Waals surface area contributed by atoms with Crippen LogP contribution in [0.3, 0.4) is 0 Å². The number of rotatable bonds is 0. The summed E-state index contributed by atoms with van der Waals surface area (Å²) in [4.78, 5) is 0. The molecule has 2 aliphatic heterocycles. The molecule has 2 aliphatic rings. The van der Waals surface area contributed by atoms with Crippen molar-refractivity contribution in [3.63, 3.8) is 0 Å².